The minimum atomic E-state index is -3.49. The van der Waals surface area contributed by atoms with Gasteiger partial charge in [0.05, 0.1) is 4.90 Å². The van der Waals surface area contributed by atoms with Crippen LogP contribution in [-0.2, 0) is 10.0 Å². The quantitative estimate of drug-likeness (QED) is 0.610. The van der Waals surface area contributed by atoms with Crippen molar-refractivity contribution in [1.29, 1.82) is 0 Å². The molecule has 0 aliphatic heterocycles. The van der Waals surface area contributed by atoms with Crippen molar-refractivity contribution < 1.29 is 8.42 Å². The second kappa shape index (κ2) is 7.09. The van der Waals surface area contributed by atoms with Crippen molar-refractivity contribution >= 4 is 53.5 Å². The van der Waals surface area contributed by atoms with Gasteiger partial charge < -0.3 is 0 Å². The van der Waals surface area contributed by atoms with Crippen LogP contribution >= 0.6 is 43.5 Å². The number of hydrogen-bond donors (Lipinski definition) is 0. The Kier molecular flexibility index (Phi) is 5.94. The zero-order valence-electron chi connectivity index (χ0n) is 10.9. The molecule has 1 aromatic carbocycles. The summed E-state index contributed by atoms with van der Waals surface area (Å²) < 4.78 is 28.7. The summed E-state index contributed by atoms with van der Waals surface area (Å²) in [6.07, 6.45) is 3.64. The Morgan fingerprint density at radius 3 is 2.55 bits per heavy atom. The van der Waals surface area contributed by atoms with Crippen molar-refractivity contribution in [2.75, 3.05) is 12.4 Å². The molecule has 0 saturated heterocycles. The molecule has 0 atom stereocenters. The smallest absolute Gasteiger partial charge is 0.207 e. The number of sulfonamides is 1. The van der Waals surface area contributed by atoms with Gasteiger partial charge in [0.1, 0.15) is 0 Å². The summed E-state index contributed by atoms with van der Waals surface area (Å²) in [4.78, 5) is 0.313. The predicted molar refractivity (Wildman–Crippen MR) is 88.7 cm³/mol. The summed E-state index contributed by atoms with van der Waals surface area (Å²) in [5.41, 5.74) is 0. The molecule has 0 N–H and O–H groups in total. The van der Waals surface area contributed by atoms with E-state index in [4.69, 9.17) is 11.6 Å². The second-order valence-electron chi connectivity index (χ2n) is 4.82. The molecule has 0 unspecified atom stereocenters. The molecule has 1 aromatic rings. The number of hydrogen-bond acceptors (Lipinski definition) is 2. The Balaban J connectivity index is 2.36. The number of nitrogens with zero attached hydrogens (tertiary/aromatic N) is 1. The van der Waals surface area contributed by atoms with E-state index >= 15 is 0 Å². The molecule has 1 aliphatic rings. The molecular formula is C13H16Br2ClNO2S. The summed E-state index contributed by atoms with van der Waals surface area (Å²) in [7, 11) is -3.49. The molecule has 2 rings (SSSR count). The van der Waals surface area contributed by atoms with Crippen LogP contribution in [0.5, 0.6) is 0 Å². The molecule has 112 valence electrons. The molecule has 20 heavy (non-hydrogen) atoms. The Bertz CT molecular complexity index is 576. The maximum atomic E-state index is 12.9. The van der Waals surface area contributed by atoms with Gasteiger partial charge in [-0.3, -0.25) is 0 Å². The molecular weight excluding hydrogens is 429 g/mol. The Morgan fingerprint density at radius 1 is 1.30 bits per heavy atom. The lowest BCUT2D eigenvalue weighted by molar-refractivity contribution is 0.220. The van der Waals surface area contributed by atoms with E-state index in [2.05, 4.69) is 31.9 Å². The Labute approximate surface area is 142 Å². The second-order valence-corrected chi connectivity index (χ2v) is 8.82. The lowest BCUT2D eigenvalue weighted by atomic mass is 9.93. The third kappa shape index (κ3) is 3.58. The van der Waals surface area contributed by atoms with Crippen molar-refractivity contribution in [3.05, 3.63) is 27.1 Å². The van der Waals surface area contributed by atoms with Gasteiger partial charge in [-0.05, 0) is 53.4 Å². The molecule has 0 bridgehead atoms. The van der Waals surface area contributed by atoms with Crippen molar-refractivity contribution in [3.8, 4) is 0 Å². The fourth-order valence-electron chi connectivity index (χ4n) is 2.19. The molecule has 1 fully saturated rings. The van der Waals surface area contributed by atoms with Crippen molar-refractivity contribution in [3.63, 3.8) is 0 Å². The van der Waals surface area contributed by atoms with Crippen LogP contribution in [0.1, 0.15) is 25.7 Å². The van der Waals surface area contributed by atoms with Crippen LogP contribution in [0.15, 0.2) is 32.0 Å². The van der Waals surface area contributed by atoms with Crippen LogP contribution in [0.4, 0.5) is 0 Å². The average Bonchev–Trinajstić information content (AvgIpc) is 2.34. The first kappa shape index (κ1) is 16.7. The van der Waals surface area contributed by atoms with E-state index in [1.54, 1.807) is 16.4 Å². The van der Waals surface area contributed by atoms with E-state index in [0.717, 1.165) is 23.7 Å². The van der Waals surface area contributed by atoms with Gasteiger partial charge in [0.25, 0.3) is 0 Å². The van der Waals surface area contributed by atoms with E-state index in [-0.39, 0.29) is 6.04 Å². The van der Waals surface area contributed by atoms with E-state index in [0.29, 0.717) is 28.2 Å². The van der Waals surface area contributed by atoms with Gasteiger partial charge in [-0.15, -0.1) is 11.6 Å². The number of halogens is 3. The number of rotatable bonds is 6. The molecule has 0 heterocycles. The van der Waals surface area contributed by atoms with Crippen LogP contribution in [-0.4, -0.2) is 31.2 Å². The van der Waals surface area contributed by atoms with Crippen molar-refractivity contribution in [1.82, 2.24) is 4.31 Å². The minimum Gasteiger partial charge on any atom is -0.207 e. The van der Waals surface area contributed by atoms with Gasteiger partial charge in [-0.25, -0.2) is 8.42 Å². The third-order valence-corrected chi connectivity index (χ3v) is 7.18. The molecule has 0 amide bonds. The van der Waals surface area contributed by atoms with Gasteiger partial charge >= 0.3 is 0 Å². The van der Waals surface area contributed by atoms with Crippen LogP contribution in [0.25, 0.3) is 0 Å². The van der Waals surface area contributed by atoms with E-state index in [1.807, 2.05) is 6.07 Å². The van der Waals surface area contributed by atoms with Gasteiger partial charge in [0.2, 0.25) is 10.0 Å². The van der Waals surface area contributed by atoms with E-state index < -0.39 is 10.0 Å². The number of alkyl halides is 1. The lowest BCUT2D eigenvalue weighted by Gasteiger charge is -2.36. The highest BCUT2D eigenvalue weighted by Crippen LogP contribution is 2.34. The molecule has 1 aliphatic carbocycles. The highest BCUT2D eigenvalue weighted by Gasteiger charge is 2.35. The monoisotopic (exact) mass is 443 g/mol. The summed E-state index contributed by atoms with van der Waals surface area (Å²) >= 11 is 12.4. The van der Waals surface area contributed by atoms with Crippen LogP contribution in [0, 0.1) is 0 Å². The highest BCUT2D eigenvalue weighted by molar-refractivity contribution is 9.11. The maximum Gasteiger partial charge on any atom is 0.244 e. The highest BCUT2D eigenvalue weighted by atomic mass is 79.9. The fourth-order valence-corrected chi connectivity index (χ4v) is 5.50. The van der Waals surface area contributed by atoms with E-state index in [9.17, 15) is 8.42 Å². The molecule has 7 heteroatoms. The summed E-state index contributed by atoms with van der Waals surface area (Å²) in [6.45, 7) is 0.482. The van der Waals surface area contributed by atoms with Crippen LogP contribution in [0.2, 0.25) is 0 Å². The topological polar surface area (TPSA) is 37.4 Å². The van der Waals surface area contributed by atoms with Gasteiger partial charge in [0, 0.05) is 27.4 Å². The first-order valence-corrected chi connectivity index (χ1v) is 10.1. The maximum absolute atomic E-state index is 12.9. The molecule has 0 spiro atoms. The Hall–Kier alpha value is 0.380. The molecule has 3 nitrogen and oxygen atoms in total. The fraction of sp³-hybridized carbons (Fsp3) is 0.538. The predicted octanol–water partition coefficient (Wildman–Crippen LogP) is 4.38. The molecule has 0 radical (unpaired) electrons. The van der Waals surface area contributed by atoms with Gasteiger partial charge in [-0.1, -0.05) is 22.4 Å². The normalized spacial score (nSPS) is 16.4. The molecule has 0 aromatic heterocycles. The van der Waals surface area contributed by atoms with Crippen molar-refractivity contribution in [2.24, 2.45) is 0 Å². The largest absolute Gasteiger partial charge is 0.244 e. The van der Waals surface area contributed by atoms with E-state index in [1.165, 1.54) is 0 Å². The number of benzene rings is 1. The molecule has 1 saturated carbocycles. The third-order valence-electron chi connectivity index (χ3n) is 3.47. The SMILES string of the molecule is O=S(=O)(c1cc(Br)ccc1Br)N(CCCCl)C1CCC1. The Morgan fingerprint density at radius 2 is 2.00 bits per heavy atom. The van der Waals surface area contributed by atoms with Crippen LogP contribution in [0.3, 0.4) is 0 Å². The summed E-state index contributed by atoms with van der Waals surface area (Å²) in [5, 5.41) is 0. The summed E-state index contributed by atoms with van der Waals surface area (Å²) in [5.74, 6) is 0.471. The first-order valence-electron chi connectivity index (χ1n) is 6.49. The zero-order valence-corrected chi connectivity index (χ0v) is 15.6. The average molecular weight is 446 g/mol. The standard InChI is InChI=1S/C13H16Br2ClNO2S/c14-10-5-6-12(15)13(9-10)20(18,19)17(8-2-7-16)11-3-1-4-11/h5-6,9,11H,1-4,7-8H2. The van der Waals surface area contributed by atoms with Crippen molar-refractivity contribution in [2.45, 2.75) is 36.6 Å². The lowest BCUT2D eigenvalue weighted by Crippen LogP contribution is -2.44. The first-order chi connectivity index (χ1) is 9.46. The summed E-state index contributed by atoms with van der Waals surface area (Å²) in [6, 6.07) is 5.33. The van der Waals surface area contributed by atoms with Gasteiger partial charge in [0.15, 0.2) is 0 Å². The van der Waals surface area contributed by atoms with Gasteiger partial charge in [-0.2, -0.15) is 4.31 Å². The zero-order chi connectivity index (χ0) is 14.8. The minimum absolute atomic E-state index is 0.120. The van der Waals surface area contributed by atoms with Crippen LogP contribution < -0.4 is 0 Å².